The molecule has 4 heteroatoms. The van der Waals surface area contributed by atoms with Crippen LogP contribution < -0.4 is 4.42 Å². The molecular formula is C16H12ClNO2. The largest absolute Gasteiger partial charge is 0.289 e. The topological polar surface area (TPSA) is 37.4 Å². The predicted octanol–water partition coefficient (Wildman–Crippen LogP) is 3.44. The van der Waals surface area contributed by atoms with Crippen LogP contribution in [0.3, 0.4) is 0 Å². The number of halogens is 1. The molecule has 0 bridgehead atoms. The molecule has 0 amide bonds. The highest BCUT2D eigenvalue weighted by molar-refractivity contribution is 6.33. The Labute approximate surface area is 121 Å². The second-order valence-corrected chi connectivity index (χ2v) is 4.99. The van der Waals surface area contributed by atoms with Gasteiger partial charge in [-0.25, -0.2) is 0 Å². The number of ketones is 2. The highest BCUT2D eigenvalue weighted by Gasteiger charge is 2.32. The molecule has 0 fully saturated rings. The second-order valence-electron chi connectivity index (χ2n) is 4.58. The first kappa shape index (κ1) is 12.9. The van der Waals surface area contributed by atoms with Gasteiger partial charge in [0, 0.05) is 35.0 Å². The Hall–Kier alpha value is -2.13. The second kappa shape index (κ2) is 4.76. The molecule has 0 radical (unpaired) electrons. The van der Waals surface area contributed by atoms with E-state index < -0.39 is 0 Å². The summed E-state index contributed by atoms with van der Waals surface area (Å²) in [4.78, 5) is 25.2. The summed E-state index contributed by atoms with van der Waals surface area (Å²) in [7, 11) is 0. The summed E-state index contributed by atoms with van der Waals surface area (Å²) in [5, 5.41) is 0. The minimum absolute atomic E-state index is 0.127. The predicted molar refractivity (Wildman–Crippen MR) is 78.6 cm³/mol. The first-order valence-electron chi connectivity index (χ1n) is 6.40. The standard InChI is InChI=1S/C16H12ClNO2/c1-2-18(17)13-9-5-8-12-14(13)16(20)11-7-4-3-6-10(11)15(12)19/h3-9H,2H2,1H3. The third-order valence-electron chi connectivity index (χ3n) is 3.47. The van der Waals surface area contributed by atoms with Crippen LogP contribution in [0, 0.1) is 0 Å². The van der Waals surface area contributed by atoms with E-state index in [1.165, 1.54) is 4.42 Å². The lowest BCUT2D eigenvalue weighted by Gasteiger charge is -2.23. The quantitative estimate of drug-likeness (QED) is 0.677. The Kier molecular flexibility index (Phi) is 3.07. The number of hydrogen-bond donors (Lipinski definition) is 0. The van der Waals surface area contributed by atoms with Crippen molar-refractivity contribution in [1.82, 2.24) is 0 Å². The van der Waals surface area contributed by atoms with E-state index in [1.54, 1.807) is 42.5 Å². The van der Waals surface area contributed by atoms with Gasteiger partial charge < -0.3 is 0 Å². The van der Waals surface area contributed by atoms with Gasteiger partial charge in [0.1, 0.15) is 0 Å². The first-order valence-corrected chi connectivity index (χ1v) is 6.73. The van der Waals surface area contributed by atoms with Gasteiger partial charge in [0.25, 0.3) is 0 Å². The zero-order valence-electron chi connectivity index (χ0n) is 10.9. The van der Waals surface area contributed by atoms with Crippen LogP contribution in [0.1, 0.15) is 38.8 Å². The van der Waals surface area contributed by atoms with Crippen molar-refractivity contribution in [3.05, 3.63) is 64.7 Å². The van der Waals surface area contributed by atoms with Crippen molar-refractivity contribution in [1.29, 1.82) is 0 Å². The fourth-order valence-electron chi connectivity index (χ4n) is 2.50. The Morgan fingerprint density at radius 1 is 0.900 bits per heavy atom. The van der Waals surface area contributed by atoms with Crippen LogP contribution in [0.25, 0.3) is 0 Å². The summed E-state index contributed by atoms with van der Waals surface area (Å²) < 4.78 is 1.46. The van der Waals surface area contributed by atoms with Gasteiger partial charge in [-0.15, -0.1) is 0 Å². The van der Waals surface area contributed by atoms with E-state index in [4.69, 9.17) is 11.8 Å². The molecule has 20 heavy (non-hydrogen) atoms. The zero-order valence-corrected chi connectivity index (χ0v) is 11.6. The number of fused-ring (bicyclic) bond motifs is 2. The van der Waals surface area contributed by atoms with E-state index in [2.05, 4.69) is 0 Å². The minimum Gasteiger partial charge on any atom is -0.289 e. The van der Waals surface area contributed by atoms with E-state index in [1.807, 2.05) is 6.92 Å². The summed E-state index contributed by atoms with van der Waals surface area (Å²) in [6.45, 7) is 2.43. The van der Waals surface area contributed by atoms with E-state index in [-0.39, 0.29) is 11.6 Å². The van der Waals surface area contributed by atoms with Gasteiger partial charge in [0.05, 0.1) is 11.3 Å². The smallest absolute Gasteiger partial charge is 0.196 e. The van der Waals surface area contributed by atoms with Gasteiger partial charge in [-0.1, -0.05) is 36.4 Å². The fourth-order valence-corrected chi connectivity index (χ4v) is 2.64. The molecule has 3 rings (SSSR count). The van der Waals surface area contributed by atoms with Gasteiger partial charge in [-0.05, 0) is 13.0 Å². The van der Waals surface area contributed by atoms with Crippen LogP contribution in [0.4, 0.5) is 5.69 Å². The SMILES string of the molecule is CCN(Cl)c1cccc2c1C(=O)c1ccccc1C2=O. The number of nitrogens with zero attached hydrogens (tertiary/aromatic N) is 1. The minimum atomic E-state index is -0.148. The number of anilines is 1. The average molecular weight is 286 g/mol. The van der Waals surface area contributed by atoms with Crippen LogP contribution in [-0.2, 0) is 0 Å². The number of carbonyl (C=O) groups is 2. The molecule has 2 aromatic carbocycles. The Balaban J connectivity index is 2.28. The highest BCUT2D eigenvalue weighted by Crippen LogP contribution is 2.34. The van der Waals surface area contributed by atoms with Crippen molar-refractivity contribution < 1.29 is 9.59 Å². The molecule has 0 aliphatic heterocycles. The molecule has 0 saturated carbocycles. The third kappa shape index (κ3) is 1.74. The number of carbonyl (C=O) groups excluding carboxylic acids is 2. The summed E-state index contributed by atoms with van der Waals surface area (Å²) in [5.41, 5.74) is 2.30. The molecule has 0 unspecified atom stereocenters. The molecule has 100 valence electrons. The van der Waals surface area contributed by atoms with Crippen LogP contribution in [0.15, 0.2) is 42.5 Å². The molecule has 1 aliphatic rings. The molecule has 1 aliphatic carbocycles. The maximum atomic E-state index is 12.7. The number of hydrogen-bond acceptors (Lipinski definition) is 3. The van der Waals surface area contributed by atoms with Crippen LogP contribution in [0.2, 0.25) is 0 Å². The zero-order chi connectivity index (χ0) is 14.3. The van der Waals surface area contributed by atoms with Crippen molar-refractivity contribution in [3.63, 3.8) is 0 Å². The summed E-state index contributed by atoms with van der Waals surface area (Å²) in [5.74, 6) is -0.275. The van der Waals surface area contributed by atoms with Crippen molar-refractivity contribution in [2.24, 2.45) is 0 Å². The lowest BCUT2D eigenvalue weighted by atomic mass is 9.83. The maximum Gasteiger partial charge on any atom is 0.196 e. The maximum absolute atomic E-state index is 12.7. The first-order chi connectivity index (χ1) is 9.65. The van der Waals surface area contributed by atoms with Gasteiger partial charge in [0.2, 0.25) is 0 Å². The Morgan fingerprint density at radius 2 is 1.50 bits per heavy atom. The molecule has 2 aromatic rings. The Morgan fingerprint density at radius 3 is 2.15 bits per heavy atom. The normalized spacial score (nSPS) is 12.9. The van der Waals surface area contributed by atoms with Crippen LogP contribution >= 0.6 is 11.8 Å². The van der Waals surface area contributed by atoms with Crippen molar-refractivity contribution in [3.8, 4) is 0 Å². The fraction of sp³-hybridized carbons (Fsp3) is 0.125. The average Bonchev–Trinajstić information content (AvgIpc) is 2.51. The molecule has 3 nitrogen and oxygen atoms in total. The lowest BCUT2D eigenvalue weighted by Crippen LogP contribution is -2.24. The van der Waals surface area contributed by atoms with E-state index in [0.29, 0.717) is 34.5 Å². The third-order valence-corrected chi connectivity index (χ3v) is 3.89. The molecule has 0 saturated heterocycles. The number of benzene rings is 2. The molecule has 0 N–H and O–H groups in total. The van der Waals surface area contributed by atoms with Crippen LogP contribution in [0.5, 0.6) is 0 Å². The van der Waals surface area contributed by atoms with Crippen molar-refractivity contribution in [2.45, 2.75) is 6.92 Å². The summed E-state index contributed by atoms with van der Waals surface area (Å²) in [6, 6.07) is 12.1. The van der Waals surface area contributed by atoms with E-state index in [0.717, 1.165) is 0 Å². The molecular weight excluding hydrogens is 274 g/mol. The van der Waals surface area contributed by atoms with Gasteiger partial charge in [0.15, 0.2) is 11.6 Å². The summed E-state index contributed by atoms with van der Waals surface area (Å²) in [6.07, 6.45) is 0. The van der Waals surface area contributed by atoms with Crippen molar-refractivity contribution in [2.75, 3.05) is 11.0 Å². The Bertz CT molecular complexity index is 724. The van der Waals surface area contributed by atoms with Gasteiger partial charge >= 0.3 is 0 Å². The molecule has 0 aromatic heterocycles. The van der Waals surface area contributed by atoms with Crippen LogP contribution in [-0.4, -0.2) is 18.1 Å². The monoisotopic (exact) mass is 285 g/mol. The molecule has 0 atom stereocenters. The van der Waals surface area contributed by atoms with Gasteiger partial charge in [-0.2, -0.15) is 0 Å². The van der Waals surface area contributed by atoms with E-state index >= 15 is 0 Å². The molecule has 0 spiro atoms. The van der Waals surface area contributed by atoms with E-state index in [9.17, 15) is 9.59 Å². The summed E-state index contributed by atoms with van der Waals surface area (Å²) >= 11 is 6.14. The highest BCUT2D eigenvalue weighted by atomic mass is 35.5. The van der Waals surface area contributed by atoms with Crippen molar-refractivity contribution >= 4 is 29.0 Å². The lowest BCUT2D eigenvalue weighted by molar-refractivity contribution is 0.0979. The van der Waals surface area contributed by atoms with Gasteiger partial charge in [-0.3, -0.25) is 14.0 Å². The number of rotatable bonds is 2. The molecule has 0 heterocycles.